The van der Waals surface area contributed by atoms with Gasteiger partial charge in [0.2, 0.25) is 0 Å². The Hall–Kier alpha value is -2.77. The van der Waals surface area contributed by atoms with Crippen LogP contribution in [0, 0.1) is 0 Å². The van der Waals surface area contributed by atoms with E-state index < -0.39 is 10.1 Å². The van der Waals surface area contributed by atoms with Crippen LogP contribution in [0.4, 0.5) is 17.1 Å². The Labute approximate surface area is 133 Å². The van der Waals surface area contributed by atoms with Crippen molar-refractivity contribution in [3.05, 3.63) is 60.7 Å². The molecule has 116 valence electrons. The summed E-state index contributed by atoms with van der Waals surface area (Å²) in [7, 11) is -4.29. The largest absolute Gasteiger partial charge is 0.398 e. The summed E-state index contributed by atoms with van der Waals surface area (Å²) in [4.78, 5) is -0.214. The highest BCUT2D eigenvalue weighted by atomic mass is 32.2. The summed E-state index contributed by atoms with van der Waals surface area (Å²) < 4.78 is 31.7. The van der Waals surface area contributed by atoms with E-state index in [2.05, 4.69) is 10.2 Å². The Morgan fingerprint density at radius 1 is 0.870 bits per heavy atom. The Morgan fingerprint density at radius 3 is 2.30 bits per heavy atom. The standard InChI is InChI=1S/C16H13N3O3S/c17-15-8-9-16(19-18-11-4-2-1-3-5-11)13-7-6-12(10-14(13)15)23(20,21)22/h1-10H,17H2,(H,20,21,22). The van der Waals surface area contributed by atoms with E-state index in [9.17, 15) is 8.42 Å². The molecule has 0 radical (unpaired) electrons. The average Bonchev–Trinajstić information content (AvgIpc) is 2.54. The maximum absolute atomic E-state index is 11.3. The van der Waals surface area contributed by atoms with E-state index in [1.54, 1.807) is 18.2 Å². The normalized spacial score (nSPS) is 12.0. The van der Waals surface area contributed by atoms with Crippen molar-refractivity contribution in [3.8, 4) is 0 Å². The fraction of sp³-hybridized carbons (Fsp3) is 0. The molecule has 0 aliphatic heterocycles. The van der Waals surface area contributed by atoms with E-state index in [1.165, 1.54) is 12.1 Å². The topological polar surface area (TPSA) is 105 Å². The van der Waals surface area contributed by atoms with Gasteiger partial charge < -0.3 is 5.73 Å². The molecule has 3 aromatic rings. The van der Waals surface area contributed by atoms with Gasteiger partial charge in [-0.15, -0.1) is 5.11 Å². The molecule has 3 N–H and O–H groups in total. The highest BCUT2D eigenvalue weighted by Gasteiger charge is 2.12. The van der Waals surface area contributed by atoms with E-state index in [0.29, 0.717) is 27.8 Å². The first kappa shape index (κ1) is 15.1. The highest BCUT2D eigenvalue weighted by Crippen LogP contribution is 2.33. The van der Waals surface area contributed by atoms with Crippen molar-refractivity contribution in [3.63, 3.8) is 0 Å². The maximum Gasteiger partial charge on any atom is 0.294 e. The summed E-state index contributed by atoms with van der Waals surface area (Å²) in [6.45, 7) is 0. The average molecular weight is 327 g/mol. The minimum atomic E-state index is -4.29. The molecular formula is C16H13N3O3S. The zero-order valence-electron chi connectivity index (χ0n) is 11.9. The molecule has 3 aromatic carbocycles. The second-order valence-electron chi connectivity index (χ2n) is 4.89. The number of nitrogens with two attached hydrogens (primary N) is 1. The van der Waals surface area contributed by atoms with E-state index in [1.807, 2.05) is 30.3 Å². The van der Waals surface area contributed by atoms with Crippen LogP contribution in [0.1, 0.15) is 0 Å². The van der Waals surface area contributed by atoms with Crippen molar-refractivity contribution in [1.82, 2.24) is 0 Å². The highest BCUT2D eigenvalue weighted by molar-refractivity contribution is 7.85. The third kappa shape index (κ3) is 3.20. The van der Waals surface area contributed by atoms with Crippen molar-refractivity contribution in [2.75, 3.05) is 5.73 Å². The lowest BCUT2D eigenvalue weighted by molar-refractivity contribution is 0.483. The molecule has 0 aliphatic carbocycles. The molecule has 0 atom stereocenters. The summed E-state index contributed by atoms with van der Waals surface area (Å²) in [6, 6.07) is 16.7. The third-order valence-electron chi connectivity index (χ3n) is 3.33. The van der Waals surface area contributed by atoms with Crippen molar-refractivity contribution in [2.45, 2.75) is 4.90 Å². The molecule has 0 amide bonds. The van der Waals surface area contributed by atoms with Gasteiger partial charge in [0.25, 0.3) is 10.1 Å². The van der Waals surface area contributed by atoms with Gasteiger partial charge in [-0.05, 0) is 36.4 Å². The number of nitrogens with zero attached hydrogens (tertiary/aromatic N) is 2. The van der Waals surface area contributed by atoms with Crippen LogP contribution < -0.4 is 5.73 Å². The summed E-state index contributed by atoms with van der Waals surface area (Å²) in [5, 5.41) is 9.48. The van der Waals surface area contributed by atoms with Gasteiger partial charge in [0.1, 0.15) is 0 Å². The van der Waals surface area contributed by atoms with E-state index in [-0.39, 0.29) is 4.90 Å². The first-order valence-corrected chi connectivity index (χ1v) is 8.16. The molecule has 0 spiro atoms. The van der Waals surface area contributed by atoms with Gasteiger partial charge >= 0.3 is 0 Å². The van der Waals surface area contributed by atoms with Gasteiger partial charge in [-0.25, -0.2) is 0 Å². The summed E-state index contributed by atoms with van der Waals surface area (Å²) >= 11 is 0. The number of benzene rings is 3. The zero-order valence-corrected chi connectivity index (χ0v) is 12.7. The Bertz CT molecular complexity index is 1000. The fourth-order valence-corrected chi connectivity index (χ4v) is 2.69. The van der Waals surface area contributed by atoms with E-state index in [4.69, 9.17) is 10.3 Å². The van der Waals surface area contributed by atoms with Crippen molar-refractivity contribution < 1.29 is 13.0 Å². The lowest BCUT2D eigenvalue weighted by atomic mass is 10.1. The maximum atomic E-state index is 11.3. The first-order chi connectivity index (χ1) is 10.9. The molecule has 0 fully saturated rings. The van der Waals surface area contributed by atoms with Crippen LogP contribution in [0.25, 0.3) is 10.8 Å². The molecule has 0 aromatic heterocycles. The first-order valence-electron chi connectivity index (χ1n) is 6.72. The predicted octanol–water partition coefficient (Wildman–Crippen LogP) is 4.08. The Morgan fingerprint density at radius 2 is 1.61 bits per heavy atom. The smallest absolute Gasteiger partial charge is 0.294 e. The molecular weight excluding hydrogens is 314 g/mol. The molecule has 0 saturated heterocycles. The van der Waals surface area contributed by atoms with Crippen LogP contribution in [-0.2, 0) is 10.1 Å². The van der Waals surface area contributed by atoms with Crippen LogP contribution in [0.3, 0.4) is 0 Å². The Balaban J connectivity index is 2.12. The summed E-state index contributed by atoms with van der Waals surface area (Å²) in [6.07, 6.45) is 0. The Kier molecular flexibility index (Phi) is 3.81. The molecule has 0 heterocycles. The molecule has 7 heteroatoms. The van der Waals surface area contributed by atoms with Crippen LogP contribution in [0.5, 0.6) is 0 Å². The van der Waals surface area contributed by atoms with Crippen molar-refractivity contribution >= 4 is 38.0 Å². The molecule has 0 unspecified atom stereocenters. The van der Waals surface area contributed by atoms with Crippen LogP contribution in [0.2, 0.25) is 0 Å². The van der Waals surface area contributed by atoms with E-state index >= 15 is 0 Å². The minimum absolute atomic E-state index is 0.214. The number of hydrogen-bond donors (Lipinski definition) is 2. The SMILES string of the molecule is Nc1ccc(N=Nc2ccccc2)c2ccc(S(=O)(=O)O)cc12. The van der Waals surface area contributed by atoms with Crippen molar-refractivity contribution in [1.29, 1.82) is 0 Å². The van der Waals surface area contributed by atoms with Crippen LogP contribution in [-0.4, -0.2) is 13.0 Å². The number of anilines is 1. The number of hydrogen-bond acceptors (Lipinski definition) is 5. The lowest BCUT2D eigenvalue weighted by Gasteiger charge is -2.06. The number of azo groups is 1. The summed E-state index contributed by atoms with van der Waals surface area (Å²) in [5.41, 5.74) is 7.55. The minimum Gasteiger partial charge on any atom is -0.398 e. The van der Waals surface area contributed by atoms with Gasteiger partial charge in [0, 0.05) is 16.5 Å². The number of fused-ring (bicyclic) bond motifs is 1. The monoisotopic (exact) mass is 327 g/mol. The fourth-order valence-electron chi connectivity index (χ4n) is 2.19. The second-order valence-corrected chi connectivity index (χ2v) is 6.31. The van der Waals surface area contributed by atoms with Gasteiger partial charge in [-0.2, -0.15) is 13.5 Å². The molecule has 6 nitrogen and oxygen atoms in total. The quantitative estimate of drug-likeness (QED) is 0.429. The van der Waals surface area contributed by atoms with Crippen LogP contribution >= 0.6 is 0 Å². The lowest BCUT2D eigenvalue weighted by Crippen LogP contribution is -1.98. The molecule has 0 saturated carbocycles. The van der Waals surface area contributed by atoms with E-state index in [0.717, 1.165) is 0 Å². The zero-order chi connectivity index (χ0) is 16.4. The third-order valence-corrected chi connectivity index (χ3v) is 4.18. The summed E-state index contributed by atoms with van der Waals surface area (Å²) in [5.74, 6) is 0. The number of rotatable bonds is 3. The number of nitrogen functional groups attached to an aromatic ring is 1. The predicted molar refractivity (Wildman–Crippen MR) is 88.8 cm³/mol. The van der Waals surface area contributed by atoms with Gasteiger partial charge in [0.05, 0.1) is 16.3 Å². The van der Waals surface area contributed by atoms with Crippen LogP contribution in [0.15, 0.2) is 75.8 Å². The van der Waals surface area contributed by atoms with Crippen molar-refractivity contribution in [2.24, 2.45) is 10.2 Å². The molecule has 0 bridgehead atoms. The molecule has 3 rings (SSSR count). The van der Waals surface area contributed by atoms with Gasteiger partial charge in [0.15, 0.2) is 0 Å². The van der Waals surface area contributed by atoms with Gasteiger partial charge in [-0.3, -0.25) is 4.55 Å². The molecule has 23 heavy (non-hydrogen) atoms. The molecule has 0 aliphatic rings. The van der Waals surface area contributed by atoms with Gasteiger partial charge in [-0.1, -0.05) is 24.3 Å². The second kappa shape index (κ2) is 5.79.